The number of para-hydroxylation sites is 1. The number of aromatic nitrogens is 6. The van der Waals surface area contributed by atoms with Crippen LogP contribution in [-0.2, 0) is 24.1 Å². The first-order valence-electron chi connectivity index (χ1n) is 23.1. The summed E-state index contributed by atoms with van der Waals surface area (Å²) in [4.78, 5) is 27.1. The summed E-state index contributed by atoms with van der Waals surface area (Å²) in [6.45, 7) is 14.3. The van der Waals surface area contributed by atoms with Gasteiger partial charge in [-0.3, -0.25) is 4.68 Å². The molecule has 4 saturated carbocycles. The fraction of sp³-hybridized carbons (Fsp3) is 0.592. The molecule has 2 atom stereocenters. The summed E-state index contributed by atoms with van der Waals surface area (Å²) >= 11 is 1.69. The minimum Gasteiger partial charge on any atom is -0.476 e. The summed E-state index contributed by atoms with van der Waals surface area (Å²) in [7, 11) is 0. The summed E-state index contributed by atoms with van der Waals surface area (Å²) < 4.78 is 10.4. The van der Waals surface area contributed by atoms with Gasteiger partial charge in [0.2, 0.25) is 0 Å². The van der Waals surface area contributed by atoms with E-state index in [0.29, 0.717) is 31.0 Å². The molecule has 4 aliphatic carbocycles. The Morgan fingerprint density at radius 1 is 0.873 bits per heavy atom. The van der Waals surface area contributed by atoms with E-state index in [1.165, 1.54) is 6.42 Å². The third-order valence-electron chi connectivity index (χ3n) is 14.6. The first-order valence-corrected chi connectivity index (χ1v) is 24.0. The third-order valence-corrected chi connectivity index (χ3v) is 15.6. The molecule has 0 saturated heterocycles. The van der Waals surface area contributed by atoms with E-state index in [-0.39, 0.29) is 40.8 Å². The van der Waals surface area contributed by atoms with E-state index < -0.39 is 5.97 Å². The van der Waals surface area contributed by atoms with Gasteiger partial charge in [-0.25, -0.2) is 14.8 Å². The Morgan fingerprint density at radius 3 is 2.33 bits per heavy atom. The first-order chi connectivity index (χ1) is 30.3. The first kappa shape index (κ1) is 43.9. The molecule has 5 heterocycles. The standard InChI is InChI=1S/C49H64N8O5S/c1-33-35-12-11-19-56(44(35)54-53-39(33)24-42-51-38-13-5-6-14-40(38)63-42)41-16-15-36(43(52-41)45(60)61)37-25-50-57(34(37)2)32-48-27-46(3)26-47(4,28-48)30-49(29-46,31-48)62-23-20-55(17-7-9-21-58)18-8-10-22-59/h5-6,13-16,25,58-59H,7-12,17-24,26-32H2,1-4H3,(H,60,61). The zero-order valence-electron chi connectivity index (χ0n) is 37.5. The molecule has 5 aromatic rings. The number of aliphatic hydroxyl groups excluding tert-OH is 2. The Balaban J connectivity index is 0.932. The summed E-state index contributed by atoms with van der Waals surface area (Å²) in [6.07, 6.45) is 14.3. The number of nitrogens with zero attached hydrogens (tertiary/aromatic N) is 8. The van der Waals surface area contributed by atoms with E-state index >= 15 is 0 Å². The predicted molar refractivity (Wildman–Crippen MR) is 246 cm³/mol. The van der Waals surface area contributed by atoms with Gasteiger partial charge in [-0.15, -0.1) is 16.4 Å². The second-order valence-corrected chi connectivity index (χ2v) is 21.3. The number of aliphatic hydroxyl groups is 2. The monoisotopic (exact) mass is 876 g/mol. The summed E-state index contributed by atoms with van der Waals surface area (Å²) in [5, 5.41) is 44.8. The maximum atomic E-state index is 13.0. The quantitative estimate of drug-likeness (QED) is 0.0682. The van der Waals surface area contributed by atoms with Crippen LogP contribution in [0.5, 0.6) is 0 Å². The molecule has 14 heteroatoms. The van der Waals surface area contributed by atoms with E-state index in [9.17, 15) is 20.1 Å². The van der Waals surface area contributed by atoms with Crippen molar-refractivity contribution in [2.45, 2.75) is 123 Å². The van der Waals surface area contributed by atoms with Crippen molar-refractivity contribution in [1.29, 1.82) is 0 Å². The smallest absolute Gasteiger partial charge is 0.355 e. The topological polar surface area (TPSA) is 163 Å². The molecule has 2 unspecified atom stereocenters. The number of carboxylic acids is 1. The molecule has 10 rings (SSSR count). The van der Waals surface area contributed by atoms with Gasteiger partial charge in [0.05, 0.1) is 39.3 Å². The van der Waals surface area contributed by atoms with Gasteiger partial charge in [0.25, 0.3) is 0 Å². The van der Waals surface area contributed by atoms with Crippen LogP contribution >= 0.6 is 11.3 Å². The molecule has 4 fully saturated rings. The number of anilines is 2. The number of ether oxygens (including phenoxy) is 1. The Labute approximate surface area is 374 Å². The predicted octanol–water partition coefficient (Wildman–Crippen LogP) is 8.32. The minimum atomic E-state index is -1.08. The number of rotatable bonds is 19. The largest absolute Gasteiger partial charge is 0.476 e. The molecule has 4 bridgehead atoms. The number of thiazole rings is 1. The van der Waals surface area contributed by atoms with Crippen molar-refractivity contribution in [3.8, 4) is 11.1 Å². The van der Waals surface area contributed by atoms with Gasteiger partial charge in [0.1, 0.15) is 5.82 Å². The Hall–Kier alpha value is -4.34. The van der Waals surface area contributed by atoms with Gasteiger partial charge >= 0.3 is 5.97 Å². The molecule has 1 aliphatic heterocycles. The zero-order valence-corrected chi connectivity index (χ0v) is 38.4. The van der Waals surface area contributed by atoms with Gasteiger partial charge in [0.15, 0.2) is 11.5 Å². The van der Waals surface area contributed by atoms with Gasteiger partial charge in [-0.2, -0.15) is 10.2 Å². The van der Waals surface area contributed by atoms with E-state index in [1.54, 1.807) is 11.3 Å². The van der Waals surface area contributed by atoms with Gasteiger partial charge in [0, 0.05) is 61.7 Å². The number of pyridine rings is 1. The summed E-state index contributed by atoms with van der Waals surface area (Å²) in [5.41, 5.74) is 6.62. The second-order valence-electron chi connectivity index (χ2n) is 20.2. The van der Waals surface area contributed by atoms with E-state index in [0.717, 1.165) is 146 Å². The molecule has 13 nitrogen and oxygen atoms in total. The van der Waals surface area contributed by atoms with Gasteiger partial charge < -0.3 is 29.9 Å². The number of carbonyl (C=O) groups is 1. The van der Waals surface area contributed by atoms with Crippen molar-refractivity contribution in [1.82, 2.24) is 34.8 Å². The van der Waals surface area contributed by atoms with Crippen LogP contribution < -0.4 is 4.90 Å². The van der Waals surface area contributed by atoms with E-state index in [1.807, 2.05) is 41.4 Å². The highest BCUT2D eigenvalue weighted by Gasteiger charge is 2.66. The van der Waals surface area contributed by atoms with Crippen molar-refractivity contribution >= 4 is 39.2 Å². The normalized spacial score (nSPS) is 25.1. The molecule has 0 spiro atoms. The number of carboxylic acid groups (broad SMARTS) is 1. The van der Waals surface area contributed by atoms with Crippen LogP contribution in [0, 0.1) is 30.1 Å². The number of aromatic carboxylic acids is 1. The van der Waals surface area contributed by atoms with Crippen LogP contribution in [0.4, 0.5) is 11.6 Å². The van der Waals surface area contributed by atoms with Crippen molar-refractivity contribution < 1.29 is 24.9 Å². The average Bonchev–Trinajstić information content (AvgIpc) is 3.81. The molecular weight excluding hydrogens is 813 g/mol. The highest BCUT2D eigenvalue weighted by atomic mass is 32.1. The molecule has 0 radical (unpaired) electrons. The third kappa shape index (κ3) is 8.90. The lowest BCUT2D eigenvalue weighted by molar-refractivity contribution is -0.248. The van der Waals surface area contributed by atoms with Crippen molar-refractivity contribution in [3.63, 3.8) is 0 Å². The molecule has 63 heavy (non-hydrogen) atoms. The molecule has 0 amide bonds. The number of fused-ring (bicyclic) bond motifs is 2. The van der Waals surface area contributed by atoms with Crippen molar-refractivity contribution in [2.24, 2.45) is 16.2 Å². The number of unbranched alkanes of at least 4 members (excludes halogenated alkanes) is 2. The van der Waals surface area contributed by atoms with E-state index in [2.05, 4.69) is 43.3 Å². The van der Waals surface area contributed by atoms with Crippen LogP contribution in [0.25, 0.3) is 21.3 Å². The molecule has 3 N–H and O–H groups in total. The number of hydrogen-bond donors (Lipinski definition) is 3. The fourth-order valence-corrected chi connectivity index (χ4v) is 14.1. The van der Waals surface area contributed by atoms with E-state index in [4.69, 9.17) is 30.0 Å². The number of benzene rings is 1. The Morgan fingerprint density at radius 2 is 1.62 bits per heavy atom. The highest BCUT2D eigenvalue weighted by Crippen LogP contribution is 2.72. The van der Waals surface area contributed by atoms with Crippen LogP contribution in [0.1, 0.15) is 122 Å². The molecule has 4 aromatic heterocycles. The van der Waals surface area contributed by atoms with Crippen LogP contribution in [-0.4, -0.2) is 108 Å². The van der Waals surface area contributed by atoms with Crippen LogP contribution in [0.15, 0.2) is 42.6 Å². The van der Waals surface area contributed by atoms with Gasteiger partial charge in [-0.1, -0.05) is 26.0 Å². The number of hydrogen-bond acceptors (Lipinski definition) is 12. The van der Waals surface area contributed by atoms with Crippen molar-refractivity contribution in [2.75, 3.05) is 50.9 Å². The fourth-order valence-electron chi connectivity index (χ4n) is 13.1. The highest BCUT2D eigenvalue weighted by molar-refractivity contribution is 7.18. The lowest BCUT2D eigenvalue weighted by atomic mass is 9.39. The van der Waals surface area contributed by atoms with Crippen molar-refractivity contribution in [3.05, 3.63) is 75.8 Å². The van der Waals surface area contributed by atoms with Gasteiger partial charge in [-0.05, 0) is 150 Å². The lowest BCUT2D eigenvalue weighted by Gasteiger charge is -2.69. The summed E-state index contributed by atoms with van der Waals surface area (Å²) in [5.74, 6) is 0.208. The summed E-state index contributed by atoms with van der Waals surface area (Å²) in [6, 6.07) is 12.0. The Bertz CT molecular complexity index is 2410. The minimum absolute atomic E-state index is 0.00311. The molecule has 336 valence electrons. The Kier molecular flexibility index (Phi) is 12.2. The molecular formula is C49H64N8O5S. The molecule has 5 aliphatic rings. The zero-order chi connectivity index (χ0) is 44.0. The van der Waals surface area contributed by atoms with Crippen LogP contribution in [0.2, 0.25) is 0 Å². The maximum absolute atomic E-state index is 13.0. The SMILES string of the molecule is Cc1c(Cc2nc3ccccc3s2)nnc2c1CCCN2c1ccc(-c2cnn(CC34CC5(C)CC(C)(C3)CC(OCCN(CCCCO)CCCCO)(C5)C4)c2C)c(C(=O)O)n1. The lowest BCUT2D eigenvalue weighted by Crippen LogP contribution is -2.64. The second kappa shape index (κ2) is 17.6. The average molecular weight is 877 g/mol. The molecule has 1 aromatic carbocycles. The maximum Gasteiger partial charge on any atom is 0.355 e. The van der Waals surface area contributed by atoms with Crippen LogP contribution in [0.3, 0.4) is 0 Å².